The highest BCUT2D eigenvalue weighted by Gasteiger charge is 2.44. The molecule has 0 unspecified atom stereocenters. The molecule has 0 amide bonds. The van der Waals surface area contributed by atoms with E-state index in [4.69, 9.17) is 0 Å². The average Bonchev–Trinajstić information content (AvgIpc) is 2.75. The lowest BCUT2D eigenvalue weighted by Crippen LogP contribution is -2.49. The normalized spacial score (nSPS) is 20.6. The van der Waals surface area contributed by atoms with Crippen molar-refractivity contribution in [1.29, 1.82) is 0 Å². The Hall–Kier alpha value is -0.480. The molecule has 1 spiro atoms. The summed E-state index contributed by atoms with van der Waals surface area (Å²) in [5, 5.41) is 0. The first-order chi connectivity index (χ1) is 7.87. The highest BCUT2D eigenvalue weighted by molar-refractivity contribution is 5.07. The van der Waals surface area contributed by atoms with E-state index >= 15 is 0 Å². The van der Waals surface area contributed by atoms with Gasteiger partial charge in [0.2, 0.25) is 0 Å². The molecule has 1 saturated carbocycles. The van der Waals surface area contributed by atoms with Gasteiger partial charge in [-0.15, -0.1) is 5.92 Å². The van der Waals surface area contributed by atoms with E-state index in [1.54, 1.807) is 0 Å². The Morgan fingerprint density at radius 1 is 1.00 bits per heavy atom. The second-order valence-corrected chi connectivity index (χ2v) is 4.03. The molecule has 1 aliphatic heterocycles. The van der Waals surface area contributed by atoms with Gasteiger partial charge in [0.25, 0.3) is 0 Å². The fraction of sp³-hybridized carbons (Fsp3) is 0.867. The Morgan fingerprint density at radius 3 is 2.00 bits per heavy atom. The smallest absolute Gasteiger partial charge is 0.0606 e. The first-order valence-electron chi connectivity index (χ1n) is 7.02. The molecule has 1 heterocycles. The molecule has 0 aromatic rings. The summed E-state index contributed by atoms with van der Waals surface area (Å²) in [5.41, 5.74) is 0.615. The van der Waals surface area contributed by atoms with E-state index in [-0.39, 0.29) is 0 Å². The molecule has 2 fully saturated rings. The molecule has 16 heavy (non-hydrogen) atoms. The summed E-state index contributed by atoms with van der Waals surface area (Å²) in [6.07, 6.45) is 7.12. The van der Waals surface area contributed by atoms with Gasteiger partial charge in [-0.05, 0) is 45.6 Å². The second kappa shape index (κ2) is 8.65. The van der Waals surface area contributed by atoms with E-state index in [0.717, 1.165) is 6.54 Å². The predicted molar refractivity (Wildman–Crippen MR) is 73.5 cm³/mol. The predicted octanol–water partition coefficient (Wildman–Crippen LogP) is 4.08. The summed E-state index contributed by atoms with van der Waals surface area (Å²) in [7, 11) is 0. The Bertz CT molecular complexity index is 217. The van der Waals surface area contributed by atoms with Crippen LogP contribution in [0.1, 0.15) is 66.7 Å². The van der Waals surface area contributed by atoms with Gasteiger partial charge in [0.15, 0.2) is 0 Å². The molecule has 1 heteroatoms. The van der Waals surface area contributed by atoms with Crippen LogP contribution >= 0.6 is 0 Å². The Kier molecular flexibility index (Phi) is 8.39. The van der Waals surface area contributed by atoms with Gasteiger partial charge < -0.3 is 0 Å². The molecule has 2 aliphatic rings. The maximum Gasteiger partial charge on any atom is 0.0606 e. The first kappa shape index (κ1) is 15.5. The van der Waals surface area contributed by atoms with Gasteiger partial charge in [0.05, 0.1) is 6.54 Å². The minimum Gasteiger partial charge on any atom is -0.287 e. The van der Waals surface area contributed by atoms with E-state index < -0.39 is 0 Å². The summed E-state index contributed by atoms with van der Waals surface area (Å²) in [5.74, 6) is 6.18. The van der Waals surface area contributed by atoms with Gasteiger partial charge in [-0.1, -0.05) is 33.6 Å². The number of nitrogens with zero attached hydrogens (tertiary/aromatic N) is 1. The molecule has 1 aliphatic carbocycles. The van der Waals surface area contributed by atoms with Crippen molar-refractivity contribution in [3.05, 3.63) is 0 Å². The molecule has 0 bridgehead atoms. The van der Waals surface area contributed by atoms with Gasteiger partial charge in [0, 0.05) is 5.54 Å². The number of rotatable bonds is 1. The zero-order chi connectivity index (χ0) is 12.4. The van der Waals surface area contributed by atoms with Gasteiger partial charge in [0.1, 0.15) is 0 Å². The molecule has 94 valence electrons. The third kappa shape index (κ3) is 3.52. The monoisotopic (exact) mass is 223 g/mol. The third-order valence-corrected chi connectivity index (χ3v) is 3.47. The van der Waals surface area contributed by atoms with Gasteiger partial charge in [-0.2, -0.15) is 0 Å². The largest absolute Gasteiger partial charge is 0.287 e. The van der Waals surface area contributed by atoms with Crippen molar-refractivity contribution < 1.29 is 0 Å². The van der Waals surface area contributed by atoms with Crippen LogP contribution in [0.5, 0.6) is 0 Å². The molecular weight excluding hydrogens is 194 g/mol. The van der Waals surface area contributed by atoms with Crippen LogP contribution in [-0.4, -0.2) is 23.5 Å². The third-order valence-electron chi connectivity index (χ3n) is 3.47. The highest BCUT2D eigenvalue weighted by Crippen LogP contribution is 2.44. The molecule has 0 atom stereocenters. The molecule has 2 rings (SSSR count). The lowest BCUT2D eigenvalue weighted by molar-refractivity contribution is 0.0685. The highest BCUT2D eigenvalue weighted by atomic mass is 15.2. The minimum absolute atomic E-state index is 0.615. The molecule has 1 nitrogen and oxygen atoms in total. The summed E-state index contributed by atoms with van der Waals surface area (Å²) in [4.78, 5) is 2.60. The molecule has 0 aromatic carbocycles. The van der Waals surface area contributed by atoms with Crippen LogP contribution in [-0.2, 0) is 0 Å². The van der Waals surface area contributed by atoms with Crippen LogP contribution in [0.3, 0.4) is 0 Å². The number of hydrogen-bond donors (Lipinski definition) is 0. The summed E-state index contributed by atoms with van der Waals surface area (Å²) in [6.45, 7) is 12.2. The Balaban J connectivity index is 0.000000509. The SMILES string of the molecule is CC.CC.CC#CCN1CCCC12CCC2. The second-order valence-electron chi connectivity index (χ2n) is 4.03. The Morgan fingerprint density at radius 2 is 1.56 bits per heavy atom. The van der Waals surface area contributed by atoms with E-state index in [1.165, 1.54) is 38.6 Å². The lowest BCUT2D eigenvalue weighted by Gasteiger charge is -2.45. The van der Waals surface area contributed by atoms with E-state index in [1.807, 2.05) is 34.6 Å². The average molecular weight is 223 g/mol. The van der Waals surface area contributed by atoms with Crippen molar-refractivity contribution in [2.75, 3.05) is 13.1 Å². The van der Waals surface area contributed by atoms with Crippen molar-refractivity contribution in [3.63, 3.8) is 0 Å². The van der Waals surface area contributed by atoms with E-state index in [2.05, 4.69) is 16.7 Å². The minimum atomic E-state index is 0.615. The maximum absolute atomic E-state index is 3.19. The van der Waals surface area contributed by atoms with Crippen molar-refractivity contribution in [3.8, 4) is 11.8 Å². The summed E-state index contributed by atoms with van der Waals surface area (Å²) >= 11 is 0. The van der Waals surface area contributed by atoms with Crippen molar-refractivity contribution in [2.45, 2.75) is 72.3 Å². The van der Waals surface area contributed by atoms with Gasteiger partial charge in [-0.25, -0.2) is 0 Å². The van der Waals surface area contributed by atoms with Gasteiger partial charge in [-0.3, -0.25) is 4.90 Å². The summed E-state index contributed by atoms with van der Waals surface area (Å²) < 4.78 is 0. The zero-order valence-electron chi connectivity index (χ0n) is 11.9. The van der Waals surface area contributed by atoms with E-state index in [9.17, 15) is 0 Å². The van der Waals surface area contributed by atoms with E-state index in [0.29, 0.717) is 5.54 Å². The van der Waals surface area contributed by atoms with Crippen molar-refractivity contribution >= 4 is 0 Å². The molecular formula is C15H29N. The van der Waals surface area contributed by atoms with Crippen LogP contribution in [0.4, 0.5) is 0 Å². The fourth-order valence-electron chi connectivity index (χ4n) is 2.57. The van der Waals surface area contributed by atoms with Crippen LogP contribution < -0.4 is 0 Å². The lowest BCUT2D eigenvalue weighted by atomic mass is 9.75. The molecule has 1 saturated heterocycles. The molecule has 0 aromatic heterocycles. The topological polar surface area (TPSA) is 3.24 Å². The molecule has 0 radical (unpaired) electrons. The number of likely N-dealkylation sites (tertiary alicyclic amines) is 1. The quantitative estimate of drug-likeness (QED) is 0.605. The maximum atomic E-state index is 3.19. The zero-order valence-corrected chi connectivity index (χ0v) is 11.9. The first-order valence-corrected chi connectivity index (χ1v) is 7.02. The van der Waals surface area contributed by atoms with Crippen molar-refractivity contribution in [1.82, 2.24) is 4.90 Å². The fourth-order valence-corrected chi connectivity index (χ4v) is 2.57. The standard InChI is InChI=1S/C11H17N.2C2H6/c1-2-3-9-12-10-5-8-11(12)6-4-7-11;2*1-2/h4-10H2,1H3;2*1-2H3. The van der Waals surface area contributed by atoms with Crippen LogP contribution in [0.25, 0.3) is 0 Å². The molecule has 0 N–H and O–H groups in total. The van der Waals surface area contributed by atoms with Crippen LogP contribution in [0, 0.1) is 11.8 Å². The van der Waals surface area contributed by atoms with Gasteiger partial charge >= 0.3 is 0 Å². The number of hydrogen-bond acceptors (Lipinski definition) is 1. The van der Waals surface area contributed by atoms with Crippen molar-refractivity contribution in [2.24, 2.45) is 0 Å². The van der Waals surface area contributed by atoms with Crippen LogP contribution in [0.2, 0.25) is 0 Å². The Labute approximate surface area is 103 Å². The summed E-state index contributed by atoms with van der Waals surface area (Å²) in [6, 6.07) is 0. The van der Waals surface area contributed by atoms with Crippen LogP contribution in [0.15, 0.2) is 0 Å².